The minimum Gasteiger partial charge on any atom is -0.482 e. The molecule has 1 aromatic carbocycles. The molecule has 0 spiro atoms. The van der Waals surface area contributed by atoms with Gasteiger partial charge in [-0.1, -0.05) is 12.8 Å². The molecule has 2 rings (SSSR count). The molecule has 0 aliphatic heterocycles. The van der Waals surface area contributed by atoms with E-state index < -0.39 is 11.4 Å². The number of anilines is 1. The van der Waals surface area contributed by atoms with E-state index >= 15 is 0 Å². The molecule has 4 N–H and O–H groups in total. The van der Waals surface area contributed by atoms with Crippen LogP contribution in [0.25, 0.3) is 0 Å². The third kappa shape index (κ3) is 3.72. The summed E-state index contributed by atoms with van der Waals surface area (Å²) in [7, 11) is 0. The Kier molecular flexibility index (Phi) is 4.80. The molecule has 0 heterocycles. The fourth-order valence-corrected chi connectivity index (χ4v) is 2.62. The Morgan fingerprint density at radius 2 is 1.86 bits per heavy atom. The first-order valence-electron chi connectivity index (χ1n) is 7.02. The minimum absolute atomic E-state index is 0.0401. The molecule has 1 aliphatic carbocycles. The van der Waals surface area contributed by atoms with Crippen molar-refractivity contribution in [3.63, 3.8) is 0 Å². The van der Waals surface area contributed by atoms with Gasteiger partial charge in [-0.15, -0.1) is 0 Å². The van der Waals surface area contributed by atoms with Crippen LogP contribution in [0.5, 0.6) is 5.75 Å². The molecule has 1 aliphatic rings. The van der Waals surface area contributed by atoms with Gasteiger partial charge in [0.1, 0.15) is 5.75 Å². The van der Waals surface area contributed by atoms with Crippen molar-refractivity contribution in [3.8, 4) is 5.75 Å². The van der Waals surface area contributed by atoms with E-state index in [-0.39, 0.29) is 12.5 Å². The Morgan fingerprint density at radius 1 is 1.24 bits per heavy atom. The number of carbonyl (C=O) groups is 2. The molecule has 0 radical (unpaired) electrons. The lowest BCUT2D eigenvalue weighted by atomic mass is 9.85. The van der Waals surface area contributed by atoms with E-state index in [9.17, 15) is 9.59 Å². The summed E-state index contributed by atoms with van der Waals surface area (Å²) in [6, 6.07) is 6.63. The topological polar surface area (TPSA) is 102 Å². The van der Waals surface area contributed by atoms with Crippen molar-refractivity contribution in [2.45, 2.75) is 25.7 Å². The second kappa shape index (κ2) is 6.58. The summed E-state index contributed by atoms with van der Waals surface area (Å²) in [6.45, 7) is -0.0272. The number of nitrogens with two attached hydrogens (primary N) is 1. The maximum Gasteiger partial charge on any atom is 0.341 e. The lowest BCUT2D eigenvalue weighted by molar-refractivity contribution is -0.139. The maximum atomic E-state index is 12.4. The second-order valence-corrected chi connectivity index (χ2v) is 5.35. The zero-order valence-electron chi connectivity index (χ0n) is 11.8. The van der Waals surface area contributed by atoms with Crippen molar-refractivity contribution in [3.05, 3.63) is 24.3 Å². The minimum atomic E-state index is -1.03. The van der Waals surface area contributed by atoms with Crippen LogP contribution >= 0.6 is 0 Å². The van der Waals surface area contributed by atoms with Crippen LogP contribution in [0, 0.1) is 5.41 Å². The molecule has 1 saturated carbocycles. The van der Waals surface area contributed by atoms with E-state index in [4.69, 9.17) is 15.6 Å². The smallest absolute Gasteiger partial charge is 0.341 e. The van der Waals surface area contributed by atoms with Crippen LogP contribution in [0.1, 0.15) is 25.7 Å². The van der Waals surface area contributed by atoms with E-state index in [1.165, 1.54) is 0 Å². The number of carboxylic acid groups (broad SMARTS) is 1. The fourth-order valence-electron chi connectivity index (χ4n) is 2.62. The zero-order valence-corrected chi connectivity index (χ0v) is 11.8. The predicted octanol–water partition coefficient (Wildman–Crippen LogP) is 1.61. The summed E-state index contributed by atoms with van der Waals surface area (Å²) in [6.07, 6.45) is 3.73. The Balaban J connectivity index is 1.96. The van der Waals surface area contributed by atoms with E-state index in [1.54, 1.807) is 24.3 Å². The molecule has 1 fully saturated rings. The quantitative estimate of drug-likeness (QED) is 0.739. The van der Waals surface area contributed by atoms with Gasteiger partial charge >= 0.3 is 5.97 Å². The average molecular weight is 292 g/mol. The molecule has 114 valence electrons. The molecule has 1 amide bonds. The Hall–Kier alpha value is -2.08. The Bertz CT molecular complexity index is 507. The molecule has 0 bridgehead atoms. The number of hydrogen-bond donors (Lipinski definition) is 3. The number of aliphatic carboxylic acids is 1. The summed E-state index contributed by atoms with van der Waals surface area (Å²) >= 11 is 0. The van der Waals surface area contributed by atoms with Crippen LogP contribution in [0.4, 0.5) is 5.69 Å². The first kappa shape index (κ1) is 15.3. The third-order valence-electron chi connectivity index (χ3n) is 3.91. The SMILES string of the molecule is NCC1(C(=O)Nc2ccc(OCC(=O)O)cc2)CCCC1. The fraction of sp³-hybridized carbons (Fsp3) is 0.467. The monoisotopic (exact) mass is 292 g/mol. The van der Waals surface area contributed by atoms with Crippen LogP contribution < -0.4 is 15.8 Å². The number of hydrogen-bond acceptors (Lipinski definition) is 4. The molecule has 0 aromatic heterocycles. The van der Waals surface area contributed by atoms with Gasteiger partial charge in [-0.25, -0.2) is 4.79 Å². The lowest BCUT2D eigenvalue weighted by Gasteiger charge is -2.25. The number of carbonyl (C=O) groups excluding carboxylic acids is 1. The van der Waals surface area contributed by atoms with Crippen LogP contribution in [-0.2, 0) is 9.59 Å². The Labute approximate surface area is 123 Å². The van der Waals surface area contributed by atoms with E-state index in [0.29, 0.717) is 18.0 Å². The van der Waals surface area contributed by atoms with Gasteiger partial charge < -0.3 is 20.9 Å². The van der Waals surface area contributed by atoms with Gasteiger partial charge in [0.2, 0.25) is 5.91 Å². The first-order chi connectivity index (χ1) is 10.1. The molecule has 0 atom stereocenters. The summed E-state index contributed by atoms with van der Waals surface area (Å²) in [5, 5.41) is 11.4. The van der Waals surface area contributed by atoms with Crippen molar-refractivity contribution in [1.82, 2.24) is 0 Å². The second-order valence-electron chi connectivity index (χ2n) is 5.35. The Morgan fingerprint density at radius 3 is 2.38 bits per heavy atom. The first-order valence-corrected chi connectivity index (χ1v) is 7.02. The highest BCUT2D eigenvalue weighted by molar-refractivity contribution is 5.95. The van der Waals surface area contributed by atoms with E-state index in [2.05, 4.69) is 5.32 Å². The predicted molar refractivity (Wildman–Crippen MR) is 78.2 cm³/mol. The summed E-state index contributed by atoms with van der Waals surface area (Å²) in [5.41, 5.74) is 5.99. The van der Waals surface area contributed by atoms with Crippen LogP contribution in [-0.4, -0.2) is 30.1 Å². The van der Waals surface area contributed by atoms with E-state index in [1.807, 2.05) is 0 Å². The van der Waals surface area contributed by atoms with Crippen molar-refractivity contribution in [2.75, 3.05) is 18.5 Å². The van der Waals surface area contributed by atoms with Crippen LogP contribution in [0.3, 0.4) is 0 Å². The van der Waals surface area contributed by atoms with Crippen LogP contribution in [0.2, 0.25) is 0 Å². The lowest BCUT2D eigenvalue weighted by Crippen LogP contribution is -2.40. The molecule has 6 nitrogen and oxygen atoms in total. The van der Waals surface area contributed by atoms with Gasteiger partial charge in [-0.3, -0.25) is 4.79 Å². The maximum absolute atomic E-state index is 12.4. The summed E-state index contributed by atoms with van der Waals surface area (Å²) < 4.78 is 5.04. The number of nitrogens with one attached hydrogen (secondary N) is 1. The summed E-state index contributed by atoms with van der Waals surface area (Å²) in [5.74, 6) is -0.620. The molecule has 0 saturated heterocycles. The zero-order chi connectivity index (χ0) is 15.3. The average Bonchev–Trinajstić information content (AvgIpc) is 2.96. The third-order valence-corrected chi connectivity index (χ3v) is 3.91. The van der Waals surface area contributed by atoms with Gasteiger partial charge in [0, 0.05) is 12.2 Å². The highest BCUT2D eigenvalue weighted by Crippen LogP contribution is 2.38. The molecular formula is C15H20N2O4. The molecule has 6 heteroatoms. The van der Waals surface area contributed by atoms with Gasteiger partial charge in [0.25, 0.3) is 0 Å². The van der Waals surface area contributed by atoms with E-state index in [0.717, 1.165) is 25.7 Å². The van der Waals surface area contributed by atoms with Gasteiger partial charge in [0.15, 0.2) is 6.61 Å². The van der Waals surface area contributed by atoms with Gasteiger partial charge in [-0.2, -0.15) is 0 Å². The molecule has 21 heavy (non-hydrogen) atoms. The number of benzene rings is 1. The molecule has 0 unspecified atom stereocenters. The highest BCUT2D eigenvalue weighted by Gasteiger charge is 2.39. The number of ether oxygens (including phenoxy) is 1. The number of rotatable bonds is 6. The van der Waals surface area contributed by atoms with Crippen molar-refractivity contribution in [2.24, 2.45) is 11.1 Å². The van der Waals surface area contributed by atoms with Crippen molar-refractivity contribution in [1.29, 1.82) is 0 Å². The standard InChI is InChI=1S/C15H20N2O4/c16-10-15(7-1-2-8-15)14(20)17-11-3-5-12(6-4-11)21-9-13(18)19/h3-6H,1-2,7-10,16H2,(H,17,20)(H,18,19). The van der Waals surface area contributed by atoms with Crippen molar-refractivity contribution < 1.29 is 19.4 Å². The van der Waals surface area contributed by atoms with Crippen molar-refractivity contribution >= 4 is 17.6 Å². The number of amides is 1. The molecular weight excluding hydrogens is 272 g/mol. The highest BCUT2D eigenvalue weighted by atomic mass is 16.5. The molecule has 1 aromatic rings. The van der Waals surface area contributed by atoms with Gasteiger partial charge in [-0.05, 0) is 37.1 Å². The normalized spacial score (nSPS) is 16.4. The summed E-state index contributed by atoms with van der Waals surface area (Å²) in [4.78, 5) is 22.8. The van der Waals surface area contributed by atoms with Gasteiger partial charge in [0.05, 0.1) is 5.41 Å². The van der Waals surface area contributed by atoms with Crippen LogP contribution in [0.15, 0.2) is 24.3 Å². The number of carboxylic acids is 1. The largest absolute Gasteiger partial charge is 0.482 e.